The topological polar surface area (TPSA) is 68.0 Å². The van der Waals surface area contributed by atoms with Gasteiger partial charge in [-0.2, -0.15) is 5.10 Å². The van der Waals surface area contributed by atoms with Gasteiger partial charge in [0.15, 0.2) is 5.65 Å². The summed E-state index contributed by atoms with van der Waals surface area (Å²) in [5, 5.41) is 13.8. The monoisotopic (exact) mass is 205 g/mol. The average Bonchev–Trinajstić information content (AvgIpc) is 2.42. The Morgan fingerprint density at radius 2 is 2.27 bits per heavy atom. The number of aromatic nitrogens is 3. The van der Waals surface area contributed by atoms with E-state index in [1.807, 2.05) is 19.9 Å². The summed E-state index contributed by atoms with van der Waals surface area (Å²) in [6.07, 6.45) is 1.71. The van der Waals surface area contributed by atoms with Gasteiger partial charge in [0.25, 0.3) is 0 Å². The fraction of sp³-hybridized carbons (Fsp3) is 0.300. The van der Waals surface area contributed by atoms with Crippen LogP contribution in [0.4, 0.5) is 0 Å². The maximum absolute atomic E-state index is 10.6. The number of carboxylic acids is 1. The second-order valence-electron chi connectivity index (χ2n) is 3.52. The van der Waals surface area contributed by atoms with Crippen LogP contribution >= 0.6 is 0 Å². The number of hydrogen-bond donors (Lipinski definition) is 1. The summed E-state index contributed by atoms with van der Waals surface area (Å²) in [7, 11) is 0. The highest BCUT2D eigenvalue weighted by Gasteiger charge is 2.10. The van der Waals surface area contributed by atoms with Crippen molar-refractivity contribution in [1.29, 1.82) is 0 Å². The van der Waals surface area contributed by atoms with Crippen LogP contribution in [-0.4, -0.2) is 25.8 Å². The number of rotatable bonds is 2. The normalized spacial score (nSPS) is 10.8. The molecule has 15 heavy (non-hydrogen) atoms. The van der Waals surface area contributed by atoms with E-state index in [4.69, 9.17) is 5.11 Å². The third-order valence-corrected chi connectivity index (χ3v) is 2.19. The minimum absolute atomic E-state index is 0.152. The van der Waals surface area contributed by atoms with Gasteiger partial charge in [-0.3, -0.25) is 4.79 Å². The molecule has 0 bridgehead atoms. The molecule has 0 aliphatic heterocycles. The van der Waals surface area contributed by atoms with Crippen molar-refractivity contribution in [2.45, 2.75) is 20.4 Å². The highest BCUT2D eigenvalue weighted by atomic mass is 16.4. The lowest BCUT2D eigenvalue weighted by Gasteiger charge is -1.97. The molecule has 0 fully saturated rings. The highest BCUT2D eigenvalue weighted by Crippen LogP contribution is 2.16. The Balaban J connectivity index is 2.62. The summed E-state index contributed by atoms with van der Waals surface area (Å²) in [6.45, 7) is 3.64. The number of carbonyl (C=O) groups is 1. The number of aliphatic carboxylic acids is 1. The molecule has 0 radical (unpaired) electrons. The van der Waals surface area contributed by atoms with E-state index in [1.165, 1.54) is 4.68 Å². The minimum Gasteiger partial charge on any atom is -0.480 e. The molecule has 2 aromatic rings. The van der Waals surface area contributed by atoms with Gasteiger partial charge in [-0.05, 0) is 25.5 Å². The van der Waals surface area contributed by atoms with Crippen molar-refractivity contribution in [3.05, 3.63) is 23.5 Å². The first-order chi connectivity index (χ1) is 7.08. The van der Waals surface area contributed by atoms with E-state index >= 15 is 0 Å². The summed E-state index contributed by atoms with van der Waals surface area (Å²) in [5.41, 5.74) is 2.48. The first kappa shape index (κ1) is 9.64. The van der Waals surface area contributed by atoms with Crippen LogP contribution < -0.4 is 0 Å². The number of hydrogen-bond acceptors (Lipinski definition) is 3. The van der Waals surface area contributed by atoms with Crippen molar-refractivity contribution in [2.24, 2.45) is 0 Å². The van der Waals surface area contributed by atoms with Crippen molar-refractivity contribution >= 4 is 17.0 Å². The second kappa shape index (κ2) is 3.34. The van der Waals surface area contributed by atoms with Crippen molar-refractivity contribution in [2.75, 3.05) is 0 Å². The molecule has 0 aliphatic carbocycles. The smallest absolute Gasteiger partial charge is 0.325 e. The van der Waals surface area contributed by atoms with Crippen LogP contribution in [0.15, 0.2) is 12.3 Å². The lowest BCUT2D eigenvalue weighted by Crippen LogP contribution is -2.10. The van der Waals surface area contributed by atoms with Crippen LogP contribution in [-0.2, 0) is 11.3 Å². The number of aryl methyl sites for hydroxylation is 2. The second-order valence-corrected chi connectivity index (χ2v) is 3.52. The van der Waals surface area contributed by atoms with E-state index in [0.29, 0.717) is 5.65 Å². The molecule has 0 aliphatic rings. The van der Waals surface area contributed by atoms with Crippen molar-refractivity contribution in [1.82, 2.24) is 14.8 Å². The predicted octanol–water partition coefficient (Wildman–Crippen LogP) is 1.13. The van der Waals surface area contributed by atoms with Crippen LogP contribution in [0, 0.1) is 13.8 Å². The van der Waals surface area contributed by atoms with Crippen molar-refractivity contribution < 1.29 is 9.90 Å². The van der Waals surface area contributed by atoms with Gasteiger partial charge >= 0.3 is 5.97 Å². The number of nitrogens with zero attached hydrogens (tertiary/aromatic N) is 3. The Bertz CT molecular complexity index is 531. The Morgan fingerprint density at radius 3 is 2.93 bits per heavy atom. The van der Waals surface area contributed by atoms with Gasteiger partial charge in [0.05, 0.1) is 5.69 Å². The first-order valence-corrected chi connectivity index (χ1v) is 4.59. The molecule has 0 aromatic carbocycles. The molecule has 2 aromatic heterocycles. The van der Waals surface area contributed by atoms with Gasteiger partial charge in [0.2, 0.25) is 0 Å². The number of pyridine rings is 1. The maximum atomic E-state index is 10.6. The molecule has 1 N–H and O–H groups in total. The third kappa shape index (κ3) is 1.68. The van der Waals surface area contributed by atoms with Crippen molar-refractivity contribution in [3.63, 3.8) is 0 Å². The lowest BCUT2D eigenvalue weighted by molar-refractivity contribution is -0.137. The molecular weight excluding hydrogens is 194 g/mol. The molecule has 0 spiro atoms. The van der Waals surface area contributed by atoms with E-state index in [-0.39, 0.29) is 6.54 Å². The largest absolute Gasteiger partial charge is 0.480 e. The van der Waals surface area contributed by atoms with Gasteiger partial charge in [0, 0.05) is 11.6 Å². The quantitative estimate of drug-likeness (QED) is 0.798. The summed E-state index contributed by atoms with van der Waals surface area (Å²) in [6, 6.07) is 1.96. The predicted molar refractivity (Wildman–Crippen MR) is 54.6 cm³/mol. The molecule has 0 atom stereocenters. The van der Waals surface area contributed by atoms with Crippen LogP contribution in [0.5, 0.6) is 0 Å². The van der Waals surface area contributed by atoms with Crippen LogP contribution in [0.1, 0.15) is 11.3 Å². The SMILES string of the molecule is Cc1cnc2c(c1)c(C)nn2CC(=O)O. The van der Waals surface area contributed by atoms with Crippen LogP contribution in [0.25, 0.3) is 11.0 Å². The standard InChI is InChI=1S/C10H11N3O2/c1-6-3-8-7(2)12-13(5-9(14)15)10(8)11-4-6/h3-4H,5H2,1-2H3,(H,14,15). The summed E-state index contributed by atoms with van der Waals surface area (Å²) < 4.78 is 1.41. The molecule has 0 amide bonds. The molecule has 2 rings (SSSR count). The maximum Gasteiger partial charge on any atom is 0.325 e. The van der Waals surface area contributed by atoms with Gasteiger partial charge in [0.1, 0.15) is 6.54 Å². The zero-order valence-corrected chi connectivity index (χ0v) is 8.56. The Morgan fingerprint density at radius 1 is 1.53 bits per heavy atom. The first-order valence-electron chi connectivity index (χ1n) is 4.59. The fourth-order valence-corrected chi connectivity index (χ4v) is 1.55. The van der Waals surface area contributed by atoms with Crippen LogP contribution in [0.3, 0.4) is 0 Å². The third-order valence-electron chi connectivity index (χ3n) is 2.19. The molecule has 0 saturated carbocycles. The fourth-order valence-electron chi connectivity index (χ4n) is 1.55. The molecule has 78 valence electrons. The number of fused-ring (bicyclic) bond motifs is 1. The zero-order valence-electron chi connectivity index (χ0n) is 8.56. The summed E-state index contributed by atoms with van der Waals surface area (Å²) in [4.78, 5) is 14.8. The minimum atomic E-state index is -0.915. The molecular formula is C10H11N3O2. The Labute approximate surface area is 86.4 Å². The Kier molecular flexibility index (Phi) is 2.15. The highest BCUT2D eigenvalue weighted by molar-refractivity contribution is 5.80. The average molecular weight is 205 g/mol. The van der Waals surface area contributed by atoms with Gasteiger partial charge in [-0.25, -0.2) is 9.67 Å². The molecule has 0 unspecified atom stereocenters. The Hall–Kier alpha value is -1.91. The van der Waals surface area contributed by atoms with Gasteiger partial charge < -0.3 is 5.11 Å². The van der Waals surface area contributed by atoms with Gasteiger partial charge in [-0.15, -0.1) is 0 Å². The van der Waals surface area contributed by atoms with Crippen LogP contribution in [0.2, 0.25) is 0 Å². The van der Waals surface area contributed by atoms with E-state index in [2.05, 4.69) is 10.1 Å². The molecule has 5 nitrogen and oxygen atoms in total. The van der Waals surface area contributed by atoms with Crippen molar-refractivity contribution in [3.8, 4) is 0 Å². The molecule has 5 heteroatoms. The zero-order chi connectivity index (χ0) is 11.0. The summed E-state index contributed by atoms with van der Waals surface area (Å²) >= 11 is 0. The molecule has 2 heterocycles. The van der Waals surface area contributed by atoms with E-state index in [1.54, 1.807) is 6.20 Å². The lowest BCUT2D eigenvalue weighted by atomic mass is 10.2. The van der Waals surface area contributed by atoms with E-state index < -0.39 is 5.97 Å². The number of carboxylic acid groups (broad SMARTS) is 1. The summed E-state index contributed by atoms with van der Waals surface area (Å²) in [5.74, 6) is -0.915. The van der Waals surface area contributed by atoms with Gasteiger partial charge in [-0.1, -0.05) is 0 Å². The van der Waals surface area contributed by atoms with E-state index in [9.17, 15) is 4.79 Å². The molecule has 0 saturated heterocycles. The van der Waals surface area contributed by atoms with E-state index in [0.717, 1.165) is 16.6 Å².